The van der Waals surface area contributed by atoms with E-state index in [1.807, 2.05) is 0 Å². The van der Waals surface area contributed by atoms with Crippen molar-refractivity contribution in [1.29, 1.82) is 0 Å². The van der Waals surface area contributed by atoms with Crippen LogP contribution in [0.15, 0.2) is 0 Å². The standard InChI is InChI=1S/C20H26F3N3O7S/c21-20(22,23)33-14-3-1-2-4-15(14)34(31,32)25-10-5-6-11-12(9-10)19(30)26(18(11)29)13-7-8-16(27)24-17(13)28/h10-15,25H,1-9H2,(H,24,27,28). The van der Waals surface area contributed by atoms with Crippen LogP contribution in [0.2, 0.25) is 0 Å². The van der Waals surface area contributed by atoms with E-state index in [0.29, 0.717) is 12.8 Å². The van der Waals surface area contributed by atoms with Gasteiger partial charge in [-0.25, -0.2) is 13.1 Å². The molecule has 2 heterocycles. The quantitative estimate of drug-likeness (QED) is 0.521. The molecule has 4 fully saturated rings. The van der Waals surface area contributed by atoms with Crippen molar-refractivity contribution >= 4 is 33.7 Å². The highest BCUT2D eigenvalue weighted by Gasteiger charge is 2.54. The number of fused-ring (bicyclic) bond motifs is 1. The van der Waals surface area contributed by atoms with E-state index in [-0.39, 0.29) is 44.9 Å². The van der Waals surface area contributed by atoms with Gasteiger partial charge in [0.2, 0.25) is 33.7 Å². The van der Waals surface area contributed by atoms with Gasteiger partial charge >= 0.3 is 6.36 Å². The number of carbonyl (C=O) groups excluding carboxylic acids is 4. The van der Waals surface area contributed by atoms with Crippen LogP contribution < -0.4 is 10.0 Å². The summed E-state index contributed by atoms with van der Waals surface area (Å²) in [5, 5.41) is 0.744. The van der Waals surface area contributed by atoms with Crippen LogP contribution in [0.3, 0.4) is 0 Å². The number of carbonyl (C=O) groups is 4. The number of likely N-dealkylation sites (tertiary alicyclic amines) is 1. The molecule has 0 bridgehead atoms. The summed E-state index contributed by atoms with van der Waals surface area (Å²) in [6.45, 7) is 0. The summed E-state index contributed by atoms with van der Waals surface area (Å²) in [6, 6.07) is -1.82. The molecule has 0 aromatic heterocycles. The van der Waals surface area contributed by atoms with Crippen LogP contribution in [-0.4, -0.2) is 66.7 Å². The molecule has 2 aliphatic carbocycles. The lowest BCUT2D eigenvalue weighted by Crippen LogP contribution is -2.54. The average molecular weight is 510 g/mol. The van der Waals surface area contributed by atoms with Gasteiger partial charge in [-0.05, 0) is 38.5 Å². The first kappa shape index (κ1) is 25.0. The third kappa shape index (κ3) is 4.98. The van der Waals surface area contributed by atoms with Crippen LogP contribution in [0.1, 0.15) is 57.8 Å². The van der Waals surface area contributed by atoms with Crippen molar-refractivity contribution in [2.24, 2.45) is 11.8 Å². The summed E-state index contributed by atoms with van der Waals surface area (Å²) in [7, 11) is -4.20. The number of hydrogen-bond acceptors (Lipinski definition) is 7. The molecule has 4 aliphatic rings. The number of nitrogens with zero attached hydrogens (tertiary/aromatic N) is 1. The van der Waals surface area contributed by atoms with E-state index >= 15 is 0 Å². The van der Waals surface area contributed by atoms with Crippen LogP contribution in [-0.2, 0) is 33.9 Å². The van der Waals surface area contributed by atoms with Gasteiger partial charge in [0.1, 0.15) is 11.3 Å². The van der Waals surface area contributed by atoms with Crippen LogP contribution in [0, 0.1) is 11.8 Å². The summed E-state index contributed by atoms with van der Waals surface area (Å²) >= 11 is 0. The molecule has 190 valence electrons. The van der Waals surface area contributed by atoms with E-state index in [1.165, 1.54) is 0 Å². The highest BCUT2D eigenvalue weighted by atomic mass is 32.2. The summed E-state index contributed by atoms with van der Waals surface area (Å²) < 4.78 is 70.8. The van der Waals surface area contributed by atoms with Gasteiger partial charge in [0.25, 0.3) is 0 Å². The maximum Gasteiger partial charge on any atom is 0.522 e. The van der Waals surface area contributed by atoms with Gasteiger partial charge < -0.3 is 0 Å². The molecule has 4 amide bonds. The van der Waals surface area contributed by atoms with Gasteiger partial charge in [0, 0.05) is 12.5 Å². The van der Waals surface area contributed by atoms with E-state index in [9.17, 15) is 40.8 Å². The second-order valence-electron chi connectivity index (χ2n) is 9.32. The Morgan fingerprint density at radius 3 is 2.29 bits per heavy atom. The van der Waals surface area contributed by atoms with Gasteiger partial charge in [-0.2, -0.15) is 0 Å². The number of halogens is 3. The van der Waals surface area contributed by atoms with Crippen molar-refractivity contribution in [1.82, 2.24) is 14.9 Å². The first-order valence-electron chi connectivity index (χ1n) is 11.3. The molecular formula is C20H26F3N3O7S. The van der Waals surface area contributed by atoms with Gasteiger partial charge in [-0.3, -0.25) is 34.1 Å². The molecule has 2 aliphatic heterocycles. The molecule has 34 heavy (non-hydrogen) atoms. The van der Waals surface area contributed by atoms with Crippen molar-refractivity contribution in [2.75, 3.05) is 0 Å². The lowest BCUT2D eigenvalue weighted by molar-refractivity contribution is -0.344. The van der Waals surface area contributed by atoms with E-state index in [0.717, 1.165) is 4.90 Å². The molecule has 2 N–H and O–H groups in total. The van der Waals surface area contributed by atoms with Crippen molar-refractivity contribution in [3.8, 4) is 0 Å². The fourth-order valence-electron chi connectivity index (χ4n) is 5.59. The predicted octanol–water partition coefficient (Wildman–Crippen LogP) is 0.712. The first-order valence-corrected chi connectivity index (χ1v) is 12.9. The highest BCUT2D eigenvalue weighted by molar-refractivity contribution is 7.90. The average Bonchev–Trinajstić information content (AvgIpc) is 2.97. The monoisotopic (exact) mass is 509 g/mol. The molecule has 0 aromatic carbocycles. The van der Waals surface area contributed by atoms with Crippen LogP contribution in [0.25, 0.3) is 0 Å². The molecule has 0 aromatic rings. The molecule has 0 radical (unpaired) electrons. The van der Waals surface area contributed by atoms with Crippen molar-refractivity contribution < 1.29 is 45.5 Å². The zero-order chi connectivity index (χ0) is 24.8. The largest absolute Gasteiger partial charge is 0.522 e. The Labute approximate surface area is 194 Å². The minimum Gasteiger partial charge on any atom is -0.295 e. The smallest absolute Gasteiger partial charge is 0.295 e. The fourth-order valence-corrected chi connectivity index (χ4v) is 7.51. The summed E-state index contributed by atoms with van der Waals surface area (Å²) in [5.41, 5.74) is 0. The number of sulfonamides is 1. The number of rotatable bonds is 5. The number of alkyl halides is 3. The van der Waals surface area contributed by atoms with Crippen LogP contribution in [0.5, 0.6) is 0 Å². The van der Waals surface area contributed by atoms with E-state index in [1.54, 1.807) is 0 Å². The minimum absolute atomic E-state index is 0.00421. The molecule has 4 rings (SSSR count). The Kier molecular flexibility index (Phi) is 6.77. The minimum atomic E-state index is -4.95. The van der Waals surface area contributed by atoms with E-state index < -0.39 is 75.3 Å². The maximum absolute atomic E-state index is 13.0. The molecule has 0 spiro atoms. The second-order valence-corrected chi connectivity index (χ2v) is 11.3. The zero-order valence-corrected chi connectivity index (χ0v) is 19.0. The third-order valence-electron chi connectivity index (χ3n) is 7.14. The Balaban J connectivity index is 1.44. The second kappa shape index (κ2) is 9.19. The summed E-state index contributed by atoms with van der Waals surface area (Å²) in [4.78, 5) is 50.4. The number of piperidine rings is 1. The normalized spacial score (nSPS) is 35.3. The lowest BCUT2D eigenvalue weighted by Gasteiger charge is -2.34. The van der Waals surface area contributed by atoms with E-state index in [2.05, 4.69) is 14.8 Å². The number of ether oxygens (including phenoxy) is 1. The molecule has 6 unspecified atom stereocenters. The molecule has 2 saturated carbocycles. The summed E-state index contributed by atoms with van der Waals surface area (Å²) in [5.74, 6) is -3.85. The summed E-state index contributed by atoms with van der Waals surface area (Å²) in [6.07, 6.45) is -5.17. The number of hydrogen-bond donors (Lipinski definition) is 2. The molecule has 10 nitrogen and oxygen atoms in total. The molecule has 14 heteroatoms. The number of imide groups is 2. The Hall–Kier alpha value is -2.06. The third-order valence-corrected chi connectivity index (χ3v) is 9.14. The maximum atomic E-state index is 13.0. The zero-order valence-electron chi connectivity index (χ0n) is 18.2. The van der Waals surface area contributed by atoms with Crippen LogP contribution >= 0.6 is 0 Å². The molecule has 2 saturated heterocycles. The topological polar surface area (TPSA) is 139 Å². The lowest BCUT2D eigenvalue weighted by atomic mass is 9.79. The molecule has 6 atom stereocenters. The van der Waals surface area contributed by atoms with Gasteiger partial charge in [-0.1, -0.05) is 12.8 Å². The fraction of sp³-hybridized carbons (Fsp3) is 0.800. The Morgan fingerprint density at radius 1 is 0.941 bits per heavy atom. The van der Waals surface area contributed by atoms with Gasteiger partial charge in [0.05, 0.1) is 17.9 Å². The van der Waals surface area contributed by atoms with Crippen molar-refractivity contribution in [3.63, 3.8) is 0 Å². The molecular weight excluding hydrogens is 483 g/mol. The predicted molar refractivity (Wildman–Crippen MR) is 108 cm³/mol. The number of nitrogens with one attached hydrogen (secondary N) is 2. The van der Waals surface area contributed by atoms with Gasteiger partial charge in [-0.15, -0.1) is 13.2 Å². The van der Waals surface area contributed by atoms with Crippen molar-refractivity contribution in [2.45, 2.75) is 87.6 Å². The Bertz CT molecular complexity index is 986. The van der Waals surface area contributed by atoms with Crippen molar-refractivity contribution in [3.05, 3.63) is 0 Å². The first-order chi connectivity index (χ1) is 15.9. The number of amides is 4. The highest BCUT2D eigenvalue weighted by Crippen LogP contribution is 2.40. The SMILES string of the molecule is O=C1CCC(N2C(=O)C3CCC(NS(=O)(=O)C4CCCCC4OC(F)(F)F)CC3C2=O)C(=O)N1. The van der Waals surface area contributed by atoms with Gasteiger partial charge in [0.15, 0.2) is 0 Å². The van der Waals surface area contributed by atoms with E-state index in [4.69, 9.17) is 0 Å². The van der Waals surface area contributed by atoms with Crippen LogP contribution in [0.4, 0.5) is 13.2 Å². The Morgan fingerprint density at radius 2 is 1.62 bits per heavy atom.